The summed E-state index contributed by atoms with van der Waals surface area (Å²) in [7, 11) is 0. The Morgan fingerprint density at radius 3 is 3.00 bits per heavy atom. The average molecular weight is 331 g/mol. The molecule has 0 unspecified atom stereocenters. The van der Waals surface area contributed by atoms with Crippen LogP contribution < -0.4 is 5.32 Å². The van der Waals surface area contributed by atoms with E-state index in [1.165, 1.54) is 11.3 Å². The molecule has 1 spiro atoms. The first kappa shape index (κ1) is 15.0. The molecule has 0 aliphatic carbocycles. The van der Waals surface area contributed by atoms with Crippen molar-refractivity contribution in [1.29, 1.82) is 0 Å². The molecule has 1 aromatic heterocycles. The number of hydrogen-bond acceptors (Lipinski definition) is 6. The predicted octanol–water partition coefficient (Wildman–Crippen LogP) is 2.44. The van der Waals surface area contributed by atoms with Gasteiger partial charge in [0.05, 0.1) is 11.3 Å². The maximum Gasteiger partial charge on any atom is 0.247 e. The molecule has 122 valence electrons. The van der Waals surface area contributed by atoms with Crippen molar-refractivity contribution in [3.63, 3.8) is 0 Å². The van der Waals surface area contributed by atoms with Crippen LogP contribution in [0.2, 0.25) is 0 Å². The van der Waals surface area contributed by atoms with Crippen molar-refractivity contribution in [3.8, 4) is 5.69 Å². The Hall–Kier alpha value is -1.60. The van der Waals surface area contributed by atoms with Crippen LogP contribution in [0.4, 0.5) is 5.95 Å². The summed E-state index contributed by atoms with van der Waals surface area (Å²) >= 11 is 1.99. The minimum Gasteiger partial charge on any atom is -0.374 e. The summed E-state index contributed by atoms with van der Waals surface area (Å²) in [6.07, 6.45) is 3.17. The highest BCUT2D eigenvalue weighted by Crippen LogP contribution is 2.38. The molecule has 2 fully saturated rings. The van der Waals surface area contributed by atoms with E-state index in [4.69, 9.17) is 4.74 Å². The number of aromatic nitrogens is 4. The van der Waals surface area contributed by atoms with Gasteiger partial charge in [-0.05, 0) is 54.5 Å². The lowest BCUT2D eigenvalue weighted by atomic mass is 9.90. The maximum absolute atomic E-state index is 6.08. The molecule has 2 atom stereocenters. The second-order valence-corrected chi connectivity index (χ2v) is 7.52. The standard InChI is InChI=1S/C16H21N5OS/c1-12-2-4-14(5-3-12)21-15(18-19-20-21)17-13-6-8-22-16(10-13)7-9-23-11-16/h2-5,13H,6-11H2,1H3,(H,17,18,20)/t13-,16-/m1/s1. The first-order chi connectivity index (χ1) is 11.2. The fourth-order valence-electron chi connectivity index (χ4n) is 3.33. The average Bonchev–Trinajstić information content (AvgIpc) is 3.18. The van der Waals surface area contributed by atoms with Gasteiger partial charge in [-0.2, -0.15) is 16.4 Å². The fourth-order valence-corrected chi connectivity index (χ4v) is 4.71. The second kappa shape index (κ2) is 6.13. The molecular formula is C16H21N5OS. The molecule has 6 nitrogen and oxygen atoms in total. The zero-order valence-corrected chi connectivity index (χ0v) is 14.1. The number of rotatable bonds is 3. The molecule has 2 saturated heterocycles. The minimum atomic E-state index is 0.0583. The summed E-state index contributed by atoms with van der Waals surface area (Å²) in [5, 5.41) is 15.7. The van der Waals surface area contributed by atoms with Crippen LogP contribution in [0.3, 0.4) is 0 Å². The number of nitrogens with one attached hydrogen (secondary N) is 1. The van der Waals surface area contributed by atoms with E-state index in [0.29, 0.717) is 12.0 Å². The third kappa shape index (κ3) is 3.07. The topological polar surface area (TPSA) is 64.9 Å². The summed E-state index contributed by atoms with van der Waals surface area (Å²) in [6.45, 7) is 2.88. The van der Waals surface area contributed by atoms with E-state index in [9.17, 15) is 0 Å². The third-order valence-corrected chi connectivity index (χ3v) is 5.86. The Labute approximate surface area is 140 Å². The molecule has 2 aliphatic heterocycles. The van der Waals surface area contributed by atoms with E-state index in [-0.39, 0.29) is 5.60 Å². The van der Waals surface area contributed by atoms with Crippen LogP contribution in [0.1, 0.15) is 24.8 Å². The van der Waals surface area contributed by atoms with Crippen molar-refractivity contribution in [2.24, 2.45) is 0 Å². The van der Waals surface area contributed by atoms with Crippen LogP contribution in [0.5, 0.6) is 0 Å². The van der Waals surface area contributed by atoms with Crippen molar-refractivity contribution in [1.82, 2.24) is 20.2 Å². The summed E-state index contributed by atoms with van der Waals surface area (Å²) in [4.78, 5) is 0. The number of aryl methyl sites for hydroxylation is 1. The molecule has 2 aliphatic rings. The zero-order valence-electron chi connectivity index (χ0n) is 13.2. The van der Waals surface area contributed by atoms with Gasteiger partial charge in [0.1, 0.15) is 0 Å². The van der Waals surface area contributed by atoms with Crippen molar-refractivity contribution in [2.45, 2.75) is 37.8 Å². The van der Waals surface area contributed by atoms with Crippen LogP contribution in [0.15, 0.2) is 24.3 Å². The van der Waals surface area contributed by atoms with E-state index < -0.39 is 0 Å². The molecule has 23 heavy (non-hydrogen) atoms. The van der Waals surface area contributed by atoms with Crippen LogP contribution >= 0.6 is 11.8 Å². The first-order valence-corrected chi connectivity index (χ1v) is 9.23. The maximum atomic E-state index is 6.08. The predicted molar refractivity (Wildman–Crippen MR) is 91.2 cm³/mol. The van der Waals surface area contributed by atoms with Gasteiger partial charge in [0.2, 0.25) is 5.95 Å². The second-order valence-electron chi connectivity index (χ2n) is 6.42. The van der Waals surface area contributed by atoms with Crippen molar-refractivity contribution in [3.05, 3.63) is 29.8 Å². The summed E-state index contributed by atoms with van der Waals surface area (Å²) < 4.78 is 7.85. The number of nitrogens with zero attached hydrogens (tertiary/aromatic N) is 4. The lowest BCUT2D eigenvalue weighted by Crippen LogP contribution is -2.44. The Balaban J connectivity index is 1.51. The van der Waals surface area contributed by atoms with Gasteiger partial charge in [0.15, 0.2) is 0 Å². The molecule has 1 N–H and O–H groups in total. The van der Waals surface area contributed by atoms with Crippen LogP contribution in [-0.2, 0) is 4.74 Å². The molecule has 1 aromatic carbocycles. The number of ether oxygens (including phenoxy) is 1. The molecule has 0 radical (unpaired) electrons. The van der Waals surface area contributed by atoms with E-state index in [1.807, 2.05) is 23.9 Å². The highest BCUT2D eigenvalue weighted by Gasteiger charge is 2.40. The van der Waals surface area contributed by atoms with Gasteiger partial charge in [0, 0.05) is 18.4 Å². The largest absolute Gasteiger partial charge is 0.374 e. The fraction of sp³-hybridized carbons (Fsp3) is 0.562. The van der Waals surface area contributed by atoms with Gasteiger partial charge in [-0.25, -0.2) is 0 Å². The Bertz CT molecular complexity index is 665. The summed E-state index contributed by atoms with van der Waals surface area (Å²) in [6, 6.07) is 8.57. The normalized spacial score (nSPS) is 27.4. The van der Waals surface area contributed by atoms with E-state index in [0.717, 1.165) is 37.3 Å². The Kier molecular flexibility index (Phi) is 3.98. The number of tetrazole rings is 1. The van der Waals surface area contributed by atoms with E-state index in [2.05, 4.69) is 39.9 Å². The number of thioether (sulfide) groups is 1. The Morgan fingerprint density at radius 1 is 1.35 bits per heavy atom. The first-order valence-electron chi connectivity index (χ1n) is 8.08. The Morgan fingerprint density at radius 2 is 2.22 bits per heavy atom. The van der Waals surface area contributed by atoms with Gasteiger partial charge < -0.3 is 10.1 Å². The lowest BCUT2D eigenvalue weighted by Gasteiger charge is -2.38. The highest BCUT2D eigenvalue weighted by molar-refractivity contribution is 7.99. The van der Waals surface area contributed by atoms with Gasteiger partial charge in [-0.3, -0.25) is 0 Å². The summed E-state index contributed by atoms with van der Waals surface area (Å²) in [5.41, 5.74) is 2.26. The summed E-state index contributed by atoms with van der Waals surface area (Å²) in [5.74, 6) is 3.02. The van der Waals surface area contributed by atoms with Gasteiger partial charge >= 0.3 is 0 Å². The van der Waals surface area contributed by atoms with Gasteiger partial charge in [-0.15, -0.1) is 0 Å². The highest BCUT2D eigenvalue weighted by atomic mass is 32.2. The van der Waals surface area contributed by atoms with Crippen molar-refractivity contribution in [2.75, 3.05) is 23.4 Å². The number of anilines is 1. The van der Waals surface area contributed by atoms with Crippen molar-refractivity contribution < 1.29 is 4.74 Å². The number of hydrogen-bond donors (Lipinski definition) is 1. The van der Waals surface area contributed by atoms with E-state index >= 15 is 0 Å². The zero-order chi connectivity index (χ0) is 15.7. The molecule has 0 bridgehead atoms. The quantitative estimate of drug-likeness (QED) is 0.932. The molecule has 3 heterocycles. The molecule has 0 saturated carbocycles. The minimum absolute atomic E-state index is 0.0583. The number of benzene rings is 1. The smallest absolute Gasteiger partial charge is 0.247 e. The van der Waals surface area contributed by atoms with E-state index in [1.54, 1.807) is 4.68 Å². The monoisotopic (exact) mass is 331 g/mol. The molecule has 4 rings (SSSR count). The van der Waals surface area contributed by atoms with Crippen molar-refractivity contribution >= 4 is 17.7 Å². The van der Waals surface area contributed by atoms with Gasteiger partial charge in [0.25, 0.3) is 0 Å². The lowest BCUT2D eigenvalue weighted by molar-refractivity contribution is -0.0629. The molecule has 2 aromatic rings. The molecular weight excluding hydrogens is 310 g/mol. The molecule has 7 heteroatoms. The van der Waals surface area contributed by atoms with Gasteiger partial charge in [-0.1, -0.05) is 22.8 Å². The van der Waals surface area contributed by atoms with Crippen LogP contribution in [0.25, 0.3) is 5.69 Å². The SMILES string of the molecule is Cc1ccc(-n2nnnc2N[C@@H]2CCO[C@]3(CCSC3)C2)cc1. The van der Waals surface area contributed by atoms with Crippen LogP contribution in [0, 0.1) is 6.92 Å². The molecule has 0 amide bonds. The van der Waals surface area contributed by atoms with Crippen LogP contribution in [-0.4, -0.2) is 50.0 Å². The third-order valence-electron chi connectivity index (χ3n) is 4.64.